The summed E-state index contributed by atoms with van der Waals surface area (Å²) in [5.74, 6) is -4.66. The molecule has 2 aromatic rings. The number of oxime groups is 1. The van der Waals surface area contributed by atoms with Crippen molar-refractivity contribution in [2.24, 2.45) is 5.16 Å². The summed E-state index contributed by atoms with van der Waals surface area (Å²) in [5.41, 5.74) is 5.38. The van der Waals surface area contributed by atoms with Crippen LogP contribution in [0.5, 0.6) is 11.5 Å². The summed E-state index contributed by atoms with van der Waals surface area (Å²) in [5, 5.41) is 48.5. The summed E-state index contributed by atoms with van der Waals surface area (Å²) in [7, 11) is 1.91. The molecule has 0 bridgehead atoms. The topological polar surface area (TPSA) is 228 Å². The molecular weight excluding hydrogens is 604 g/mol. The van der Waals surface area contributed by atoms with E-state index < -0.39 is 46.5 Å². The molecule has 43 heavy (non-hydrogen) atoms. The first-order chi connectivity index (χ1) is 20.1. The van der Waals surface area contributed by atoms with Gasteiger partial charge < -0.3 is 45.6 Å². The number of benzene rings is 1. The zero-order valence-corrected chi connectivity index (χ0v) is 24.8. The van der Waals surface area contributed by atoms with Crippen LogP contribution in [0, 0.1) is 0 Å². The minimum atomic E-state index is -1.78. The number of carbonyl (C=O) groups excluding carboxylic acids is 3. The quantitative estimate of drug-likeness (QED) is 0.0759. The average molecular weight is 633 g/mol. The third kappa shape index (κ3) is 5.57. The Morgan fingerprint density at radius 2 is 1.88 bits per heavy atom. The molecule has 228 valence electrons. The maximum Gasteiger partial charge on any atom is 0.350 e. The van der Waals surface area contributed by atoms with E-state index in [1.807, 2.05) is 7.05 Å². The van der Waals surface area contributed by atoms with Crippen LogP contribution in [-0.2, 0) is 37.1 Å². The predicted molar refractivity (Wildman–Crippen MR) is 151 cm³/mol. The highest BCUT2D eigenvalue weighted by atomic mass is 32.2. The number of hydrogen-bond acceptors (Lipinski definition) is 13. The number of aliphatic carboxylic acids is 2. The van der Waals surface area contributed by atoms with E-state index in [2.05, 4.69) is 15.5 Å². The van der Waals surface area contributed by atoms with Crippen molar-refractivity contribution >= 4 is 57.7 Å². The van der Waals surface area contributed by atoms with Crippen LogP contribution < -0.4 is 16.2 Å². The highest BCUT2D eigenvalue weighted by molar-refractivity contribution is 8.00. The van der Waals surface area contributed by atoms with Gasteiger partial charge in [0, 0.05) is 27.8 Å². The number of thiazole rings is 1. The van der Waals surface area contributed by atoms with Gasteiger partial charge in [-0.1, -0.05) is 5.16 Å². The summed E-state index contributed by atoms with van der Waals surface area (Å²) in [6.07, 6.45) is 0. The van der Waals surface area contributed by atoms with E-state index in [0.717, 1.165) is 27.4 Å². The van der Waals surface area contributed by atoms with Crippen molar-refractivity contribution in [2.45, 2.75) is 44.0 Å². The van der Waals surface area contributed by atoms with Gasteiger partial charge in [-0.25, -0.2) is 9.78 Å². The van der Waals surface area contributed by atoms with Crippen molar-refractivity contribution in [2.75, 3.05) is 25.1 Å². The Morgan fingerprint density at radius 1 is 1.26 bits per heavy atom. The standard InChI is InChI=1S/C26H28N6O9S2/c1-26(2,24(39)40)41-30-17(14-10-43-25(27)28-14)20(35)29-18-21(36)31-19(23(37)38)13(9-42-22(18)31)8-32(3)6-11-4-15(33)16(34)5-12(11)7-32/h4-5,10,18,22H,6-9H2,1-3H3,(H6-,27,28,29,30,33,34,35,37,38,39,40). The number of nitrogen functional groups attached to an aromatic ring is 1. The molecule has 1 aromatic carbocycles. The number of carbonyl (C=O) groups is 4. The number of amides is 2. The molecular formula is C26H28N6O9S2. The lowest BCUT2D eigenvalue weighted by molar-refractivity contribution is -0.924. The second-order valence-corrected chi connectivity index (χ2v) is 13.2. The fraction of sp³-hybridized carbons (Fsp3) is 0.385. The molecule has 6 N–H and O–H groups in total. The van der Waals surface area contributed by atoms with E-state index in [1.165, 1.54) is 43.1 Å². The number of carboxylic acid groups (broad SMARTS) is 2. The number of β-lactam (4-membered cyclic amide) rings is 1. The van der Waals surface area contributed by atoms with Crippen LogP contribution >= 0.6 is 23.1 Å². The summed E-state index contributed by atoms with van der Waals surface area (Å²) < 4.78 is 0.348. The number of aromatic hydroxyl groups is 2. The molecule has 0 saturated carbocycles. The third-order valence-corrected chi connectivity index (χ3v) is 9.37. The number of quaternary nitrogens is 1. The van der Waals surface area contributed by atoms with Gasteiger partial charge in [0.25, 0.3) is 11.8 Å². The largest absolute Gasteiger partial charge is 0.543 e. The second kappa shape index (κ2) is 10.7. The number of aromatic nitrogens is 1. The molecule has 5 rings (SSSR count). The van der Waals surface area contributed by atoms with Crippen LogP contribution in [0.25, 0.3) is 0 Å². The molecule has 1 fully saturated rings. The molecule has 3 aliphatic heterocycles. The molecule has 1 aromatic heterocycles. The highest BCUT2D eigenvalue weighted by Crippen LogP contribution is 2.42. The van der Waals surface area contributed by atoms with Gasteiger partial charge in [-0.2, -0.15) is 0 Å². The lowest BCUT2D eigenvalue weighted by Gasteiger charge is -2.51. The predicted octanol–water partition coefficient (Wildman–Crippen LogP) is -0.715. The number of likely N-dealkylation sites (N-methyl/N-ethyl adjacent to an activating group) is 1. The van der Waals surface area contributed by atoms with E-state index in [0.29, 0.717) is 23.1 Å². The summed E-state index contributed by atoms with van der Waals surface area (Å²) in [6.45, 7) is 3.67. The van der Waals surface area contributed by atoms with Crippen molar-refractivity contribution in [3.8, 4) is 11.5 Å². The van der Waals surface area contributed by atoms with Crippen molar-refractivity contribution in [3.63, 3.8) is 0 Å². The lowest BCUT2D eigenvalue weighted by Crippen LogP contribution is -2.71. The number of fused-ring (bicyclic) bond motifs is 2. The smallest absolute Gasteiger partial charge is 0.350 e. The summed E-state index contributed by atoms with van der Waals surface area (Å²) >= 11 is 2.28. The van der Waals surface area contributed by atoms with Crippen molar-refractivity contribution < 1.29 is 48.9 Å². The number of nitrogens with zero attached hydrogens (tertiary/aromatic N) is 4. The number of phenols is 2. The molecule has 0 spiro atoms. The number of carboxylic acids is 2. The molecule has 15 nitrogen and oxygen atoms in total. The van der Waals surface area contributed by atoms with E-state index in [4.69, 9.17) is 10.6 Å². The number of nitrogens with one attached hydrogen (secondary N) is 1. The van der Waals surface area contributed by atoms with Gasteiger partial charge in [0.1, 0.15) is 36.7 Å². The summed E-state index contributed by atoms with van der Waals surface area (Å²) in [6, 6.07) is 1.87. The van der Waals surface area contributed by atoms with Crippen LogP contribution in [-0.4, -0.2) is 95.5 Å². The number of anilines is 1. The van der Waals surface area contributed by atoms with Crippen molar-refractivity contribution in [1.29, 1.82) is 0 Å². The molecule has 2 atom stereocenters. The number of thioether (sulfide) groups is 1. The first-order valence-electron chi connectivity index (χ1n) is 12.9. The Bertz CT molecular complexity index is 1590. The highest BCUT2D eigenvalue weighted by Gasteiger charge is 2.54. The van der Waals surface area contributed by atoms with Crippen molar-refractivity contribution in [1.82, 2.24) is 15.2 Å². The minimum absolute atomic E-state index is 0.00364. The number of rotatable bonds is 9. The lowest BCUT2D eigenvalue weighted by atomic mass is 10.0. The molecule has 2 unspecified atom stereocenters. The van der Waals surface area contributed by atoms with Gasteiger partial charge in [-0.3, -0.25) is 14.5 Å². The SMILES string of the molecule is CC(C)(ON=C(C(=O)NC1C(=O)N2C(C(=O)[O-])=C(C[N+]3(C)Cc4cc(O)c(O)cc4C3)CSC12)c1csc(N)n1)C(=O)O. The zero-order valence-electron chi connectivity index (χ0n) is 23.2. The Morgan fingerprint density at radius 3 is 2.42 bits per heavy atom. The monoisotopic (exact) mass is 632 g/mol. The van der Waals surface area contributed by atoms with E-state index in [1.54, 1.807) is 0 Å². The molecule has 0 radical (unpaired) electrons. The maximum absolute atomic E-state index is 13.3. The van der Waals surface area contributed by atoms with Gasteiger partial charge in [0.15, 0.2) is 22.3 Å². The number of nitrogens with two attached hydrogens (primary N) is 1. The summed E-state index contributed by atoms with van der Waals surface area (Å²) in [4.78, 5) is 60.5. The third-order valence-electron chi connectivity index (χ3n) is 7.36. The molecule has 0 aliphatic carbocycles. The second-order valence-electron chi connectivity index (χ2n) is 11.2. The van der Waals surface area contributed by atoms with Gasteiger partial charge in [0.2, 0.25) is 5.60 Å². The van der Waals surface area contributed by atoms with Crippen LogP contribution in [0.2, 0.25) is 0 Å². The van der Waals surface area contributed by atoms with Gasteiger partial charge >= 0.3 is 5.97 Å². The molecule has 1 saturated heterocycles. The Kier molecular flexibility index (Phi) is 7.52. The van der Waals surface area contributed by atoms with Crippen LogP contribution in [0.1, 0.15) is 30.7 Å². The maximum atomic E-state index is 13.3. The van der Waals surface area contributed by atoms with Crippen molar-refractivity contribution in [3.05, 3.63) is 45.6 Å². The minimum Gasteiger partial charge on any atom is -0.543 e. The van der Waals surface area contributed by atoms with E-state index in [9.17, 15) is 39.6 Å². The normalized spacial score (nSPS) is 21.1. The first-order valence-corrected chi connectivity index (χ1v) is 14.8. The number of phenolic OH excluding ortho intramolecular Hbond substituents is 2. The first kappa shape index (κ1) is 30.1. The molecule has 2 amide bonds. The fourth-order valence-corrected chi connectivity index (χ4v) is 7.09. The molecule has 3 aliphatic rings. The van der Waals surface area contributed by atoms with Gasteiger partial charge in [-0.05, 0) is 26.0 Å². The van der Waals surface area contributed by atoms with E-state index >= 15 is 0 Å². The number of hydrogen-bond donors (Lipinski definition) is 5. The van der Waals surface area contributed by atoms with Gasteiger partial charge in [0.05, 0.1) is 18.7 Å². The van der Waals surface area contributed by atoms with Crippen LogP contribution in [0.15, 0.2) is 33.9 Å². The van der Waals surface area contributed by atoms with E-state index in [-0.39, 0.29) is 40.3 Å². The van der Waals surface area contributed by atoms with Crippen LogP contribution in [0.4, 0.5) is 5.13 Å². The zero-order chi connectivity index (χ0) is 31.4. The molecule has 4 heterocycles. The average Bonchev–Trinajstić information content (AvgIpc) is 3.48. The van der Waals surface area contributed by atoms with Gasteiger partial charge in [-0.15, -0.1) is 23.1 Å². The Labute approximate surface area is 252 Å². The Hall–Kier alpha value is -4.35. The van der Waals surface area contributed by atoms with Crippen LogP contribution in [0.3, 0.4) is 0 Å². The Balaban J connectivity index is 1.35. The fourth-order valence-electron chi connectivity index (χ4n) is 5.21. The molecule has 17 heteroatoms.